The van der Waals surface area contributed by atoms with E-state index in [4.69, 9.17) is 0 Å². The molecule has 30 heavy (non-hydrogen) atoms. The van der Waals surface area contributed by atoms with Crippen LogP contribution in [-0.2, 0) is 4.79 Å². The summed E-state index contributed by atoms with van der Waals surface area (Å²) >= 11 is 0. The summed E-state index contributed by atoms with van der Waals surface area (Å²) in [5.41, 5.74) is -2.06. The summed E-state index contributed by atoms with van der Waals surface area (Å²) in [5, 5.41) is 2.91. The van der Waals surface area contributed by atoms with Gasteiger partial charge in [0.05, 0.1) is 5.69 Å². The number of benzene rings is 1. The van der Waals surface area contributed by atoms with E-state index >= 15 is 0 Å². The minimum absolute atomic E-state index is 0.00158. The van der Waals surface area contributed by atoms with Crippen LogP contribution in [0, 0.1) is 17.6 Å². The maximum absolute atomic E-state index is 13.5. The number of carbonyl (C=O) groups excluding carboxylic acids is 1. The molecule has 0 amide bonds. The average molecular weight is 427 g/mol. The average Bonchev–Trinajstić information content (AvgIpc) is 2.59. The van der Waals surface area contributed by atoms with Gasteiger partial charge >= 0.3 is 5.69 Å². The standard InChI is InChI=1S/C20H21F4N3O3/c1-11(28)6-16(12-2-4-20(23,24)5-3-12)25-17-10-18(29)27(19(30)26-17)15-8-13(21)7-14(22)9-15/h7-10,12,16,25H,2-6H2,1H3,(H,26,30)/t16-/m1/s1. The van der Waals surface area contributed by atoms with Crippen LogP contribution in [0.1, 0.15) is 39.0 Å². The van der Waals surface area contributed by atoms with Gasteiger partial charge in [0.2, 0.25) is 5.92 Å². The highest BCUT2D eigenvalue weighted by molar-refractivity contribution is 5.76. The van der Waals surface area contributed by atoms with Crippen LogP contribution in [0.2, 0.25) is 0 Å². The van der Waals surface area contributed by atoms with Crippen molar-refractivity contribution >= 4 is 11.6 Å². The molecular formula is C20H21F4N3O3. The number of anilines is 1. The molecule has 1 aromatic carbocycles. The molecule has 1 atom stereocenters. The number of nitrogens with one attached hydrogen (secondary N) is 2. The molecule has 0 bridgehead atoms. The molecule has 1 heterocycles. The number of aromatic nitrogens is 2. The van der Waals surface area contributed by atoms with Gasteiger partial charge < -0.3 is 5.32 Å². The summed E-state index contributed by atoms with van der Waals surface area (Å²) in [4.78, 5) is 38.9. The molecule has 1 aliphatic carbocycles. The minimum atomic E-state index is -2.73. The molecular weight excluding hydrogens is 406 g/mol. The second-order valence-electron chi connectivity index (χ2n) is 7.64. The van der Waals surface area contributed by atoms with Crippen molar-refractivity contribution in [1.82, 2.24) is 9.55 Å². The van der Waals surface area contributed by atoms with Crippen molar-refractivity contribution < 1.29 is 22.4 Å². The number of rotatable bonds is 6. The zero-order chi connectivity index (χ0) is 22.1. The number of halogens is 4. The molecule has 162 valence electrons. The molecule has 3 rings (SSSR count). The highest BCUT2D eigenvalue weighted by atomic mass is 19.3. The monoisotopic (exact) mass is 427 g/mol. The van der Waals surface area contributed by atoms with Crippen LogP contribution in [0.15, 0.2) is 33.9 Å². The fourth-order valence-corrected chi connectivity index (χ4v) is 3.80. The van der Waals surface area contributed by atoms with E-state index in [1.54, 1.807) is 0 Å². The lowest BCUT2D eigenvalue weighted by atomic mass is 9.80. The minimum Gasteiger partial charge on any atom is -0.368 e. The maximum atomic E-state index is 13.5. The van der Waals surface area contributed by atoms with Crippen LogP contribution in [-0.4, -0.2) is 27.3 Å². The molecule has 1 fully saturated rings. The number of hydrogen-bond acceptors (Lipinski definition) is 4. The molecule has 0 aliphatic heterocycles. The number of H-pyrrole nitrogens is 1. The van der Waals surface area contributed by atoms with Crippen molar-refractivity contribution in [2.24, 2.45) is 5.92 Å². The fourth-order valence-electron chi connectivity index (χ4n) is 3.80. The van der Waals surface area contributed by atoms with Crippen molar-refractivity contribution in [3.63, 3.8) is 0 Å². The second-order valence-corrected chi connectivity index (χ2v) is 7.64. The summed E-state index contributed by atoms with van der Waals surface area (Å²) in [6, 6.07) is 2.77. The van der Waals surface area contributed by atoms with Crippen molar-refractivity contribution in [2.45, 2.75) is 51.0 Å². The molecule has 2 aromatic rings. The van der Waals surface area contributed by atoms with Crippen LogP contribution in [0.4, 0.5) is 23.4 Å². The van der Waals surface area contributed by atoms with Gasteiger partial charge in [0.25, 0.3) is 5.56 Å². The Morgan fingerprint density at radius 1 is 1.17 bits per heavy atom. The van der Waals surface area contributed by atoms with E-state index in [0.717, 1.165) is 18.2 Å². The molecule has 0 unspecified atom stereocenters. The molecule has 0 spiro atoms. The van der Waals surface area contributed by atoms with E-state index in [9.17, 15) is 31.9 Å². The van der Waals surface area contributed by atoms with Gasteiger partial charge in [-0.15, -0.1) is 0 Å². The largest absolute Gasteiger partial charge is 0.368 e. The third-order valence-electron chi connectivity index (χ3n) is 5.22. The number of hydrogen-bond donors (Lipinski definition) is 2. The number of Topliss-reactive ketones (excluding diaryl/α,β-unsaturated/α-hetero) is 1. The first-order valence-corrected chi connectivity index (χ1v) is 9.51. The van der Waals surface area contributed by atoms with Crippen LogP contribution in [0.25, 0.3) is 5.69 Å². The molecule has 10 heteroatoms. The van der Waals surface area contributed by atoms with Gasteiger partial charge in [-0.25, -0.2) is 26.9 Å². The van der Waals surface area contributed by atoms with Gasteiger partial charge in [0, 0.05) is 37.4 Å². The SMILES string of the molecule is CC(=O)C[C@@H](Nc1cc(=O)n(-c2cc(F)cc(F)c2)c(=O)[nH]1)C1CCC(F)(F)CC1. The van der Waals surface area contributed by atoms with Crippen LogP contribution < -0.4 is 16.6 Å². The van der Waals surface area contributed by atoms with Gasteiger partial charge in [-0.1, -0.05) is 0 Å². The fraction of sp³-hybridized carbons (Fsp3) is 0.450. The number of aromatic amines is 1. The Morgan fingerprint density at radius 3 is 2.30 bits per heavy atom. The predicted octanol–water partition coefficient (Wildman–Crippen LogP) is 3.39. The Morgan fingerprint density at radius 2 is 1.77 bits per heavy atom. The zero-order valence-corrected chi connectivity index (χ0v) is 16.2. The lowest BCUT2D eigenvalue weighted by molar-refractivity contribution is -0.117. The third kappa shape index (κ3) is 5.17. The van der Waals surface area contributed by atoms with E-state index in [0.29, 0.717) is 10.6 Å². The van der Waals surface area contributed by atoms with Crippen molar-refractivity contribution in [3.8, 4) is 5.69 Å². The van der Waals surface area contributed by atoms with Gasteiger partial charge in [-0.3, -0.25) is 14.6 Å². The van der Waals surface area contributed by atoms with Crippen LogP contribution >= 0.6 is 0 Å². The highest BCUT2D eigenvalue weighted by Gasteiger charge is 2.38. The predicted molar refractivity (Wildman–Crippen MR) is 102 cm³/mol. The lowest BCUT2D eigenvalue weighted by Crippen LogP contribution is -2.39. The lowest BCUT2D eigenvalue weighted by Gasteiger charge is -2.34. The van der Waals surface area contributed by atoms with E-state index in [-0.39, 0.29) is 55.3 Å². The van der Waals surface area contributed by atoms with Gasteiger partial charge in [-0.05, 0) is 37.8 Å². The van der Waals surface area contributed by atoms with Crippen LogP contribution in [0.3, 0.4) is 0 Å². The number of nitrogens with zero attached hydrogens (tertiary/aromatic N) is 1. The van der Waals surface area contributed by atoms with E-state index in [2.05, 4.69) is 10.3 Å². The molecule has 0 saturated heterocycles. The summed E-state index contributed by atoms with van der Waals surface area (Å²) in [7, 11) is 0. The Balaban J connectivity index is 1.88. The number of alkyl halides is 2. The van der Waals surface area contributed by atoms with Gasteiger partial charge in [0.1, 0.15) is 23.2 Å². The number of ketones is 1. The topological polar surface area (TPSA) is 84.0 Å². The Hall–Kier alpha value is -2.91. The molecule has 1 saturated carbocycles. The normalized spacial score (nSPS) is 17.5. The summed E-state index contributed by atoms with van der Waals surface area (Å²) in [5.74, 6) is -5.04. The Bertz CT molecular complexity index is 1000. The third-order valence-corrected chi connectivity index (χ3v) is 5.22. The summed E-state index contributed by atoms with van der Waals surface area (Å²) in [6.45, 7) is 1.37. The first-order valence-electron chi connectivity index (χ1n) is 9.51. The van der Waals surface area contributed by atoms with E-state index in [1.807, 2.05) is 0 Å². The highest BCUT2D eigenvalue weighted by Crippen LogP contribution is 2.38. The second kappa shape index (κ2) is 8.45. The zero-order valence-electron chi connectivity index (χ0n) is 16.2. The van der Waals surface area contributed by atoms with E-state index < -0.39 is 34.8 Å². The molecule has 1 aromatic heterocycles. The van der Waals surface area contributed by atoms with Crippen LogP contribution in [0.5, 0.6) is 0 Å². The molecule has 0 radical (unpaired) electrons. The smallest absolute Gasteiger partial charge is 0.334 e. The summed E-state index contributed by atoms with van der Waals surface area (Å²) < 4.78 is 54.4. The quantitative estimate of drug-likeness (QED) is 0.693. The molecule has 6 nitrogen and oxygen atoms in total. The Labute approximate surface area is 168 Å². The first kappa shape index (κ1) is 21.8. The van der Waals surface area contributed by atoms with Gasteiger partial charge in [0.15, 0.2) is 0 Å². The maximum Gasteiger partial charge on any atom is 0.334 e. The number of carbonyl (C=O) groups is 1. The van der Waals surface area contributed by atoms with Crippen molar-refractivity contribution in [3.05, 3.63) is 56.7 Å². The van der Waals surface area contributed by atoms with Gasteiger partial charge in [-0.2, -0.15) is 0 Å². The van der Waals surface area contributed by atoms with E-state index in [1.165, 1.54) is 6.92 Å². The molecule has 2 N–H and O–H groups in total. The molecule has 1 aliphatic rings. The Kier molecular flexibility index (Phi) is 6.14. The summed E-state index contributed by atoms with van der Waals surface area (Å²) in [6.07, 6.45) is -0.159. The first-order chi connectivity index (χ1) is 14.0. The van der Waals surface area contributed by atoms with Crippen molar-refractivity contribution in [1.29, 1.82) is 0 Å². The van der Waals surface area contributed by atoms with Crippen molar-refractivity contribution in [2.75, 3.05) is 5.32 Å².